The Kier molecular flexibility index (Phi) is 5.85. The van der Waals surface area contributed by atoms with Gasteiger partial charge in [-0.2, -0.15) is 0 Å². The number of rotatable bonds is 8. The highest BCUT2D eigenvalue weighted by atomic mass is 16.6. The molecule has 3 aromatic rings. The van der Waals surface area contributed by atoms with Crippen molar-refractivity contribution in [1.82, 2.24) is 10.2 Å². The molecule has 3 amide bonds. The quantitative estimate of drug-likeness (QED) is 0.253. The van der Waals surface area contributed by atoms with Crippen molar-refractivity contribution in [3.8, 4) is 5.75 Å². The molecule has 1 aliphatic rings. The first-order valence-corrected chi connectivity index (χ1v) is 10.2. The van der Waals surface area contributed by atoms with Crippen LogP contribution in [0.2, 0.25) is 0 Å². The summed E-state index contributed by atoms with van der Waals surface area (Å²) in [4.78, 5) is 38.1. The van der Waals surface area contributed by atoms with Crippen molar-refractivity contribution in [3.05, 3.63) is 106 Å². The van der Waals surface area contributed by atoms with Gasteiger partial charge < -0.3 is 10.1 Å². The van der Waals surface area contributed by atoms with Crippen LogP contribution in [0.4, 0.5) is 10.5 Å². The molecule has 1 fully saturated rings. The van der Waals surface area contributed by atoms with Gasteiger partial charge >= 0.3 is 11.7 Å². The van der Waals surface area contributed by atoms with Gasteiger partial charge in [-0.05, 0) is 23.6 Å². The zero-order valence-corrected chi connectivity index (χ0v) is 17.1. The lowest BCUT2D eigenvalue weighted by Gasteiger charge is -2.28. The second-order valence-corrected chi connectivity index (χ2v) is 7.30. The maximum atomic E-state index is 13.6. The molecule has 8 heteroatoms. The number of amides is 3. The number of nitro groups is 1. The SMILES string of the molecule is O=C1NC(c2ccccc2)(c2ccccc2)C(=O)N1CCCOc1ccccc1[N+](=O)[O-]. The van der Waals surface area contributed by atoms with E-state index < -0.39 is 16.5 Å². The topological polar surface area (TPSA) is 102 Å². The normalized spacial score (nSPS) is 14.8. The van der Waals surface area contributed by atoms with Crippen LogP contribution < -0.4 is 10.1 Å². The monoisotopic (exact) mass is 431 g/mol. The first-order chi connectivity index (χ1) is 15.5. The standard InChI is InChI=1S/C24H21N3O5/c28-22-24(18-10-3-1-4-11-18,19-12-5-2-6-13-19)25-23(29)26(22)16-9-17-32-21-15-8-7-14-20(21)27(30)31/h1-8,10-15H,9,16-17H2,(H,25,29). The second-order valence-electron chi connectivity index (χ2n) is 7.30. The molecule has 0 spiro atoms. The van der Waals surface area contributed by atoms with Gasteiger partial charge in [-0.3, -0.25) is 19.8 Å². The third-order valence-corrected chi connectivity index (χ3v) is 5.36. The molecule has 0 bridgehead atoms. The van der Waals surface area contributed by atoms with Crippen LogP contribution in [0.5, 0.6) is 5.75 Å². The van der Waals surface area contributed by atoms with Gasteiger partial charge in [0.2, 0.25) is 0 Å². The fraction of sp³-hybridized carbons (Fsp3) is 0.167. The van der Waals surface area contributed by atoms with E-state index >= 15 is 0 Å². The lowest BCUT2D eigenvalue weighted by molar-refractivity contribution is -0.385. The number of hydrogen-bond acceptors (Lipinski definition) is 5. The largest absolute Gasteiger partial charge is 0.487 e. The van der Waals surface area contributed by atoms with Crippen molar-refractivity contribution < 1.29 is 19.2 Å². The number of carbonyl (C=O) groups excluding carboxylic acids is 2. The number of imide groups is 1. The molecule has 1 aliphatic heterocycles. The van der Waals surface area contributed by atoms with Crippen molar-refractivity contribution in [3.63, 3.8) is 0 Å². The lowest BCUT2D eigenvalue weighted by atomic mass is 9.82. The maximum Gasteiger partial charge on any atom is 0.325 e. The minimum Gasteiger partial charge on any atom is -0.487 e. The van der Waals surface area contributed by atoms with Crippen molar-refractivity contribution in [2.45, 2.75) is 12.0 Å². The molecule has 0 aliphatic carbocycles. The van der Waals surface area contributed by atoms with Gasteiger partial charge in [0, 0.05) is 12.6 Å². The van der Waals surface area contributed by atoms with Crippen LogP contribution in [0.1, 0.15) is 17.5 Å². The van der Waals surface area contributed by atoms with Crippen molar-refractivity contribution in [1.29, 1.82) is 0 Å². The Morgan fingerprint density at radius 3 is 2.03 bits per heavy atom. The molecule has 0 unspecified atom stereocenters. The third kappa shape index (κ3) is 3.78. The van der Waals surface area contributed by atoms with E-state index in [-0.39, 0.29) is 30.5 Å². The highest BCUT2D eigenvalue weighted by molar-refractivity contribution is 6.09. The van der Waals surface area contributed by atoms with E-state index in [9.17, 15) is 19.7 Å². The summed E-state index contributed by atoms with van der Waals surface area (Å²) in [6, 6.07) is 23.8. The number of hydrogen-bond donors (Lipinski definition) is 1. The van der Waals surface area contributed by atoms with Gasteiger partial charge in [0.15, 0.2) is 11.3 Å². The number of benzene rings is 3. The number of nitrogens with one attached hydrogen (secondary N) is 1. The molecule has 0 saturated carbocycles. The summed E-state index contributed by atoms with van der Waals surface area (Å²) in [6.45, 7) is 0.234. The fourth-order valence-electron chi connectivity index (χ4n) is 3.85. The first-order valence-electron chi connectivity index (χ1n) is 10.2. The molecule has 1 saturated heterocycles. The summed E-state index contributed by atoms with van der Waals surface area (Å²) in [6.07, 6.45) is 0.324. The smallest absolute Gasteiger partial charge is 0.325 e. The van der Waals surface area contributed by atoms with E-state index in [1.807, 2.05) is 60.7 Å². The van der Waals surface area contributed by atoms with Crippen LogP contribution in [0, 0.1) is 10.1 Å². The molecule has 0 atom stereocenters. The van der Waals surface area contributed by atoms with E-state index in [2.05, 4.69) is 5.32 Å². The number of urea groups is 1. The van der Waals surface area contributed by atoms with Crippen LogP contribution in [0.3, 0.4) is 0 Å². The van der Waals surface area contributed by atoms with Crippen LogP contribution in [-0.4, -0.2) is 34.9 Å². The third-order valence-electron chi connectivity index (χ3n) is 5.36. The van der Waals surface area contributed by atoms with Crippen LogP contribution in [-0.2, 0) is 10.3 Å². The number of ether oxygens (including phenoxy) is 1. The van der Waals surface area contributed by atoms with Crippen LogP contribution in [0.15, 0.2) is 84.9 Å². The highest BCUT2D eigenvalue weighted by Crippen LogP contribution is 2.36. The summed E-state index contributed by atoms with van der Waals surface area (Å²) in [5.41, 5.74) is -0.0975. The molecule has 32 heavy (non-hydrogen) atoms. The Hall–Kier alpha value is -4.20. The Labute approximate surface area is 184 Å². The Morgan fingerprint density at radius 1 is 0.875 bits per heavy atom. The number of carbonyl (C=O) groups is 2. The van der Waals surface area contributed by atoms with Gasteiger partial charge in [-0.1, -0.05) is 72.8 Å². The molecule has 162 valence electrons. The predicted octanol–water partition coefficient (Wildman–Crippen LogP) is 3.86. The minimum absolute atomic E-state index is 0.117. The van der Waals surface area contributed by atoms with Crippen LogP contribution >= 0.6 is 0 Å². The Bertz CT molecular complexity index is 1100. The summed E-state index contributed by atoms with van der Waals surface area (Å²) < 4.78 is 5.54. The lowest BCUT2D eigenvalue weighted by Crippen LogP contribution is -2.45. The molecule has 4 rings (SSSR count). The second kappa shape index (κ2) is 8.89. The molecule has 0 aromatic heterocycles. The fourth-order valence-corrected chi connectivity index (χ4v) is 3.85. The number of nitrogens with zero attached hydrogens (tertiary/aromatic N) is 2. The summed E-state index contributed by atoms with van der Waals surface area (Å²) in [5, 5.41) is 14.0. The van der Waals surface area contributed by atoms with Gasteiger partial charge in [0.1, 0.15) is 0 Å². The van der Waals surface area contributed by atoms with Gasteiger partial charge in [0.25, 0.3) is 5.91 Å². The van der Waals surface area contributed by atoms with Gasteiger partial charge in [0.05, 0.1) is 11.5 Å². The predicted molar refractivity (Wildman–Crippen MR) is 117 cm³/mol. The molecule has 8 nitrogen and oxygen atoms in total. The van der Waals surface area contributed by atoms with E-state index in [0.29, 0.717) is 17.5 Å². The average Bonchev–Trinajstić information content (AvgIpc) is 3.08. The molecule has 3 aromatic carbocycles. The zero-order chi connectivity index (χ0) is 22.6. The van der Waals surface area contributed by atoms with Crippen LogP contribution in [0.25, 0.3) is 0 Å². The van der Waals surface area contributed by atoms with E-state index in [4.69, 9.17) is 4.74 Å². The first kappa shape index (κ1) is 21.0. The summed E-state index contributed by atoms with van der Waals surface area (Å²) >= 11 is 0. The number of nitro benzene ring substituents is 1. The molecular formula is C24H21N3O5. The number of para-hydroxylation sites is 2. The average molecular weight is 431 g/mol. The van der Waals surface area contributed by atoms with Crippen molar-refractivity contribution in [2.75, 3.05) is 13.2 Å². The Morgan fingerprint density at radius 2 is 1.44 bits per heavy atom. The molecule has 1 heterocycles. The minimum atomic E-state index is -1.31. The summed E-state index contributed by atoms with van der Waals surface area (Å²) in [7, 11) is 0. The molecule has 1 N–H and O–H groups in total. The van der Waals surface area contributed by atoms with E-state index in [1.54, 1.807) is 12.1 Å². The van der Waals surface area contributed by atoms with Gasteiger partial charge in [-0.25, -0.2) is 4.79 Å². The van der Waals surface area contributed by atoms with Crippen molar-refractivity contribution >= 4 is 17.6 Å². The Balaban J connectivity index is 1.51. The molecule has 0 radical (unpaired) electrons. The highest BCUT2D eigenvalue weighted by Gasteiger charge is 2.53. The van der Waals surface area contributed by atoms with E-state index in [0.717, 1.165) is 0 Å². The van der Waals surface area contributed by atoms with E-state index in [1.165, 1.54) is 17.0 Å². The van der Waals surface area contributed by atoms with Gasteiger partial charge in [-0.15, -0.1) is 0 Å². The molecular weight excluding hydrogens is 410 g/mol. The summed E-state index contributed by atoms with van der Waals surface area (Å²) in [5.74, 6) is -0.219. The zero-order valence-electron chi connectivity index (χ0n) is 17.1. The maximum absolute atomic E-state index is 13.6. The van der Waals surface area contributed by atoms with Crippen molar-refractivity contribution in [2.24, 2.45) is 0 Å².